The number of carbonyl (C=O) groups is 1. The molecule has 0 spiro atoms. The molecule has 0 bridgehead atoms. The van der Waals surface area contributed by atoms with Crippen LogP contribution in [-0.4, -0.2) is 29.6 Å². The standard InChI is InChI=1S/C13H14Cl2N2O4/c1-13(2-4-21-5-3-13)16-12(18)9-6-8(17(19)20)7-10(14)11(9)15/h6-7H,2-5H2,1H3,(H,16,18). The summed E-state index contributed by atoms with van der Waals surface area (Å²) in [6.07, 6.45) is 1.33. The Hall–Kier alpha value is -1.37. The molecule has 6 nitrogen and oxygen atoms in total. The zero-order valence-corrected chi connectivity index (χ0v) is 12.8. The van der Waals surface area contributed by atoms with E-state index < -0.39 is 16.4 Å². The first-order valence-corrected chi connectivity index (χ1v) is 7.12. The first kappa shape index (κ1) is 16.0. The molecule has 1 N–H and O–H groups in total. The van der Waals surface area contributed by atoms with Gasteiger partial charge in [0.05, 0.1) is 20.5 Å². The average Bonchev–Trinajstić information content (AvgIpc) is 2.41. The summed E-state index contributed by atoms with van der Waals surface area (Å²) in [6.45, 7) is 3.01. The third-order valence-corrected chi connectivity index (χ3v) is 4.28. The fourth-order valence-corrected chi connectivity index (χ4v) is 2.54. The normalized spacial score (nSPS) is 17.3. The van der Waals surface area contributed by atoms with Crippen LogP contribution in [0.3, 0.4) is 0 Å². The number of nitro groups is 1. The maximum absolute atomic E-state index is 12.3. The van der Waals surface area contributed by atoms with Gasteiger partial charge < -0.3 is 10.1 Å². The quantitative estimate of drug-likeness (QED) is 0.680. The van der Waals surface area contributed by atoms with Gasteiger partial charge in [0, 0.05) is 30.9 Å². The SMILES string of the molecule is CC1(NC(=O)c2cc([N+](=O)[O-])cc(Cl)c2Cl)CCOCC1. The van der Waals surface area contributed by atoms with Crippen molar-refractivity contribution in [1.29, 1.82) is 0 Å². The van der Waals surface area contributed by atoms with Crippen LogP contribution in [0.25, 0.3) is 0 Å². The molecule has 1 aliphatic rings. The largest absolute Gasteiger partial charge is 0.381 e. The summed E-state index contributed by atoms with van der Waals surface area (Å²) in [5, 5.41) is 13.7. The number of hydrogen-bond donors (Lipinski definition) is 1. The second-order valence-corrected chi connectivity index (χ2v) is 5.96. The number of rotatable bonds is 3. The molecule has 0 unspecified atom stereocenters. The summed E-state index contributed by atoms with van der Waals surface area (Å²) < 4.78 is 5.26. The second kappa shape index (κ2) is 6.17. The van der Waals surface area contributed by atoms with E-state index in [1.807, 2.05) is 6.92 Å². The molecule has 0 atom stereocenters. The molecule has 1 aromatic carbocycles. The van der Waals surface area contributed by atoms with Gasteiger partial charge in [-0.05, 0) is 19.8 Å². The Balaban J connectivity index is 2.28. The molecule has 1 aromatic rings. The van der Waals surface area contributed by atoms with E-state index in [2.05, 4.69) is 5.32 Å². The van der Waals surface area contributed by atoms with Crippen molar-refractivity contribution in [2.45, 2.75) is 25.3 Å². The smallest absolute Gasteiger partial charge is 0.271 e. The van der Waals surface area contributed by atoms with Crippen LogP contribution in [0.5, 0.6) is 0 Å². The third-order valence-electron chi connectivity index (χ3n) is 3.48. The van der Waals surface area contributed by atoms with Gasteiger partial charge in [0.1, 0.15) is 0 Å². The van der Waals surface area contributed by atoms with Crippen LogP contribution in [0.2, 0.25) is 10.0 Å². The van der Waals surface area contributed by atoms with Crippen molar-refractivity contribution in [2.75, 3.05) is 13.2 Å². The van der Waals surface area contributed by atoms with Gasteiger partial charge in [-0.2, -0.15) is 0 Å². The molecule has 21 heavy (non-hydrogen) atoms. The lowest BCUT2D eigenvalue weighted by Crippen LogP contribution is -2.49. The van der Waals surface area contributed by atoms with Crippen LogP contribution >= 0.6 is 23.2 Å². The molecular weight excluding hydrogens is 319 g/mol. The fraction of sp³-hybridized carbons (Fsp3) is 0.462. The molecule has 1 amide bonds. The van der Waals surface area contributed by atoms with Gasteiger partial charge in [0.15, 0.2) is 0 Å². The van der Waals surface area contributed by atoms with E-state index in [1.165, 1.54) is 0 Å². The van der Waals surface area contributed by atoms with E-state index in [1.54, 1.807) is 0 Å². The van der Waals surface area contributed by atoms with E-state index in [0.29, 0.717) is 26.1 Å². The number of nitro benzene ring substituents is 1. The van der Waals surface area contributed by atoms with Crippen LogP contribution in [0, 0.1) is 10.1 Å². The number of carbonyl (C=O) groups excluding carboxylic acids is 1. The number of ether oxygens (including phenoxy) is 1. The molecule has 8 heteroatoms. The molecule has 0 saturated carbocycles. The predicted octanol–water partition coefficient (Wildman–Crippen LogP) is 3.20. The van der Waals surface area contributed by atoms with Gasteiger partial charge in [-0.1, -0.05) is 23.2 Å². The number of halogens is 2. The number of nitrogens with zero attached hydrogens (tertiary/aromatic N) is 1. The van der Waals surface area contributed by atoms with Crippen molar-refractivity contribution in [3.8, 4) is 0 Å². The summed E-state index contributed by atoms with van der Waals surface area (Å²) in [6, 6.07) is 2.25. The third kappa shape index (κ3) is 3.64. The summed E-state index contributed by atoms with van der Waals surface area (Å²) in [4.78, 5) is 22.6. The van der Waals surface area contributed by atoms with Gasteiger partial charge in [0.25, 0.3) is 11.6 Å². The minimum atomic E-state index is -0.616. The minimum Gasteiger partial charge on any atom is -0.381 e. The number of nitrogens with one attached hydrogen (secondary N) is 1. The molecule has 0 aromatic heterocycles. The number of benzene rings is 1. The second-order valence-electron chi connectivity index (χ2n) is 5.17. The van der Waals surface area contributed by atoms with Crippen LogP contribution in [0.4, 0.5) is 5.69 Å². The van der Waals surface area contributed by atoms with Crippen molar-refractivity contribution < 1.29 is 14.5 Å². The first-order chi connectivity index (χ1) is 9.82. The highest BCUT2D eigenvalue weighted by atomic mass is 35.5. The maximum Gasteiger partial charge on any atom is 0.271 e. The molecule has 1 heterocycles. The van der Waals surface area contributed by atoms with E-state index in [4.69, 9.17) is 27.9 Å². The van der Waals surface area contributed by atoms with Gasteiger partial charge in [-0.15, -0.1) is 0 Å². The minimum absolute atomic E-state index is 0.00332. The van der Waals surface area contributed by atoms with Gasteiger partial charge in [0.2, 0.25) is 0 Å². The van der Waals surface area contributed by atoms with Crippen molar-refractivity contribution in [3.63, 3.8) is 0 Å². The Morgan fingerprint density at radius 3 is 2.57 bits per heavy atom. The highest BCUT2D eigenvalue weighted by Gasteiger charge is 2.30. The number of non-ortho nitro benzene ring substituents is 1. The Morgan fingerprint density at radius 2 is 2.00 bits per heavy atom. The molecule has 0 aliphatic carbocycles. The summed E-state index contributed by atoms with van der Waals surface area (Å²) in [5.74, 6) is -0.477. The highest BCUT2D eigenvalue weighted by molar-refractivity contribution is 6.44. The highest BCUT2D eigenvalue weighted by Crippen LogP contribution is 2.31. The lowest BCUT2D eigenvalue weighted by atomic mass is 9.92. The van der Waals surface area contributed by atoms with Gasteiger partial charge in [-0.3, -0.25) is 14.9 Å². The predicted molar refractivity (Wildman–Crippen MR) is 79.0 cm³/mol. The van der Waals surface area contributed by atoms with E-state index in [9.17, 15) is 14.9 Å². The topological polar surface area (TPSA) is 81.5 Å². The van der Waals surface area contributed by atoms with Crippen LogP contribution < -0.4 is 5.32 Å². The van der Waals surface area contributed by atoms with Crippen molar-refractivity contribution in [2.24, 2.45) is 0 Å². The Morgan fingerprint density at radius 1 is 1.38 bits per heavy atom. The van der Waals surface area contributed by atoms with Gasteiger partial charge >= 0.3 is 0 Å². The van der Waals surface area contributed by atoms with Gasteiger partial charge in [-0.25, -0.2) is 0 Å². The number of hydrogen-bond acceptors (Lipinski definition) is 4. The Kier molecular flexibility index (Phi) is 4.70. The number of amides is 1. The summed E-state index contributed by atoms with van der Waals surface area (Å²) in [5.41, 5.74) is -0.689. The van der Waals surface area contributed by atoms with Crippen LogP contribution in [0.1, 0.15) is 30.1 Å². The van der Waals surface area contributed by atoms with Crippen molar-refractivity contribution in [1.82, 2.24) is 5.32 Å². The lowest BCUT2D eigenvalue weighted by molar-refractivity contribution is -0.384. The van der Waals surface area contributed by atoms with Crippen LogP contribution in [0.15, 0.2) is 12.1 Å². The lowest BCUT2D eigenvalue weighted by Gasteiger charge is -2.34. The van der Waals surface area contributed by atoms with Crippen molar-refractivity contribution in [3.05, 3.63) is 37.9 Å². The molecular formula is C13H14Cl2N2O4. The van der Waals surface area contributed by atoms with Crippen LogP contribution in [-0.2, 0) is 4.74 Å². The van der Waals surface area contributed by atoms with E-state index in [-0.39, 0.29) is 21.3 Å². The average molecular weight is 333 g/mol. The first-order valence-electron chi connectivity index (χ1n) is 6.36. The van der Waals surface area contributed by atoms with E-state index >= 15 is 0 Å². The molecule has 2 rings (SSSR count). The monoisotopic (exact) mass is 332 g/mol. The van der Waals surface area contributed by atoms with Crippen molar-refractivity contribution >= 4 is 34.8 Å². The fourth-order valence-electron chi connectivity index (χ4n) is 2.13. The summed E-state index contributed by atoms with van der Waals surface area (Å²) >= 11 is 11.8. The molecule has 114 valence electrons. The zero-order valence-electron chi connectivity index (χ0n) is 11.3. The zero-order chi connectivity index (χ0) is 15.6. The maximum atomic E-state index is 12.3. The summed E-state index contributed by atoms with van der Waals surface area (Å²) in [7, 11) is 0. The molecule has 0 radical (unpaired) electrons. The van der Waals surface area contributed by atoms with E-state index in [0.717, 1.165) is 12.1 Å². The Labute approximate surface area is 131 Å². The molecule has 1 aliphatic heterocycles. The molecule has 1 saturated heterocycles. The Bertz CT molecular complexity index is 586. The molecule has 1 fully saturated rings.